The van der Waals surface area contributed by atoms with Gasteiger partial charge in [0.1, 0.15) is 6.07 Å². The molecule has 5 heteroatoms. The quantitative estimate of drug-likeness (QED) is 0.923. The molecule has 20 heavy (non-hydrogen) atoms. The summed E-state index contributed by atoms with van der Waals surface area (Å²) in [5, 5.41) is 14.2. The van der Waals surface area contributed by atoms with Crippen molar-refractivity contribution in [3.63, 3.8) is 0 Å². The van der Waals surface area contributed by atoms with Gasteiger partial charge >= 0.3 is 0 Å². The van der Waals surface area contributed by atoms with E-state index in [4.69, 9.17) is 5.26 Å². The zero-order valence-corrected chi connectivity index (χ0v) is 12.3. The Balaban J connectivity index is 1.42. The standard InChI is InChI=1S/C15H19N3OS/c16-8-11-7-14(20-10-11)9-17-13-3-5-18(6-4-13)15(19)12-1-2-12/h7,10,12-13,17H,1-6,9H2. The number of piperidine rings is 1. The molecule has 0 spiro atoms. The van der Waals surface area contributed by atoms with Crippen molar-refractivity contribution in [1.82, 2.24) is 10.2 Å². The molecule has 0 radical (unpaired) electrons. The Morgan fingerprint density at radius 1 is 1.40 bits per heavy atom. The van der Waals surface area contributed by atoms with Gasteiger partial charge in [-0.3, -0.25) is 4.79 Å². The molecule has 1 amide bonds. The van der Waals surface area contributed by atoms with E-state index in [1.54, 1.807) is 11.3 Å². The van der Waals surface area contributed by atoms with Crippen LogP contribution < -0.4 is 5.32 Å². The van der Waals surface area contributed by atoms with Gasteiger partial charge in [0.05, 0.1) is 5.56 Å². The highest BCUT2D eigenvalue weighted by molar-refractivity contribution is 7.10. The molecule has 0 aromatic carbocycles. The van der Waals surface area contributed by atoms with Crippen LogP contribution in [0, 0.1) is 17.2 Å². The van der Waals surface area contributed by atoms with E-state index in [0.29, 0.717) is 17.9 Å². The lowest BCUT2D eigenvalue weighted by Crippen LogP contribution is -2.45. The van der Waals surface area contributed by atoms with Gasteiger partial charge in [0.25, 0.3) is 0 Å². The number of rotatable bonds is 4. The minimum atomic E-state index is 0.343. The lowest BCUT2D eigenvalue weighted by atomic mass is 10.0. The van der Waals surface area contributed by atoms with Gasteiger partial charge in [-0.05, 0) is 31.7 Å². The second kappa shape index (κ2) is 5.94. The summed E-state index contributed by atoms with van der Waals surface area (Å²) < 4.78 is 0. The molecule has 1 N–H and O–H groups in total. The summed E-state index contributed by atoms with van der Waals surface area (Å²) in [6.45, 7) is 2.61. The molecule has 1 saturated carbocycles. The Kier molecular flexibility index (Phi) is 4.04. The maximum absolute atomic E-state index is 12.0. The fourth-order valence-electron chi connectivity index (χ4n) is 2.67. The van der Waals surface area contributed by atoms with E-state index in [2.05, 4.69) is 11.4 Å². The summed E-state index contributed by atoms with van der Waals surface area (Å²) in [5.74, 6) is 0.718. The summed E-state index contributed by atoms with van der Waals surface area (Å²) in [6, 6.07) is 4.60. The lowest BCUT2D eigenvalue weighted by molar-refractivity contribution is -0.133. The second-order valence-corrected chi connectivity index (χ2v) is 6.66. The highest BCUT2D eigenvalue weighted by Crippen LogP contribution is 2.31. The molecule has 0 atom stereocenters. The minimum Gasteiger partial charge on any atom is -0.342 e. The average molecular weight is 289 g/mol. The fourth-order valence-corrected chi connectivity index (χ4v) is 3.43. The first-order chi connectivity index (χ1) is 9.76. The van der Waals surface area contributed by atoms with E-state index in [1.807, 2.05) is 16.3 Å². The number of carbonyl (C=O) groups excluding carboxylic acids is 1. The summed E-state index contributed by atoms with van der Waals surface area (Å²) in [7, 11) is 0. The second-order valence-electron chi connectivity index (χ2n) is 5.67. The van der Waals surface area contributed by atoms with Gasteiger partial charge in [-0.25, -0.2) is 0 Å². The Morgan fingerprint density at radius 2 is 2.15 bits per heavy atom. The van der Waals surface area contributed by atoms with Crippen LogP contribution in [0.25, 0.3) is 0 Å². The Hall–Kier alpha value is -1.38. The topological polar surface area (TPSA) is 56.1 Å². The molecule has 1 aromatic rings. The molecular weight excluding hydrogens is 270 g/mol. The summed E-state index contributed by atoms with van der Waals surface area (Å²) in [5.41, 5.74) is 0.747. The molecule has 2 fully saturated rings. The summed E-state index contributed by atoms with van der Waals surface area (Å²) in [4.78, 5) is 15.2. The van der Waals surface area contributed by atoms with E-state index < -0.39 is 0 Å². The van der Waals surface area contributed by atoms with E-state index in [1.165, 1.54) is 4.88 Å². The van der Waals surface area contributed by atoms with Gasteiger partial charge in [0, 0.05) is 41.9 Å². The van der Waals surface area contributed by atoms with Crippen LogP contribution in [0.3, 0.4) is 0 Å². The number of carbonyl (C=O) groups is 1. The van der Waals surface area contributed by atoms with Crippen molar-refractivity contribution in [2.75, 3.05) is 13.1 Å². The van der Waals surface area contributed by atoms with Crippen molar-refractivity contribution in [2.45, 2.75) is 38.3 Å². The number of nitriles is 1. The van der Waals surface area contributed by atoms with Gasteiger partial charge in [0.15, 0.2) is 0 Å². The van der Waals surface area contributed by atoms with Crippen molar-refractivity contribution in [3.8, 4) is 6.07 Å². The predicted molar refractivity (Wildman–Crippen MR) is 78.2 cm³/mol. The van der Waals surface area contributed by atoms with E-state index in [-0.39, 0.29) is 0 Å². The van der Waals surface area contributed by atoms with E-state index in [0.717, 1.165) is 50.9 Å². The number of hydrogen-bond acceptors (Lipinski definition) is 4. The number of amides is 1. The first kappa shape index (κ1) is 13.6. The van der Waals surface area contributed by atoms with Crippen molar-refractivity contribution in [3.05, 3.63) is 21.9 Å². The van der Waals surface area contributed by atoms with Gasteiger partial charge in [-0.15, -0.1) is 11.3 Å². The number of likely N-dealkylation sites (tertiary alicyclic amines) is 1. The summed E-state index contributed by atoms with van der Waals surface area (Å²) >= 11 is 1.63. The number of thiophene rings is 1. The van der Waals surface area contributed by atoms with Crippen molar-refractivity contribution in [1.29, 1.82) is 5.26 Å². The normalized spacial score (nSPS) is 19.9. The third-order valence-electron chi connectivity index (χ3n) is 4.08. The number of nitrogens with zero attached hydrogens (tertiary/aromatic N) is 2. The zero-order valence-electron chi connectivity index (χ0n) is 11.5. The summed E-state index contributed by atoms with van der Waals surface area (Å²) in [6.07, 6.45) is 4.26. The first-order valence-corrected chi connectivity index (χ1v) is 8.14. The molecule has 1 aromatic heterocycles. The van der Waals surface area contributed by atoms with Crippen molar-refractivity contribution >= 4 is 17.2 Å². The van der Waals surface area contributed by atoms with Gasteiger partial charge in [-0.2, -0.15) is 5.26 Å². The molecule has 106 valence electrons. The van der Waals surface area contributed by atoms with Crippen LogP contribution in [0.5, 0.6) is 0 Å². The SMILES string of the molecule is N#Cc1csc(CNC2CCN(C(=O)C3CC3)CC2)c1. The van der Waals surface area contributed by atoms with Crippen LogP contribution in [0.2, 0.25) is 0 Å². The van der Waals surface area contributed by atoms with Gasteiger partial charge in [0.2, 0.25) is 5.91 Å². The van der Waals surface area contributed by atoms with Crippen LogP contribution in [-0.2, 0) is 11.3 Å². The molecule has 0 unspecified atom stereocenters. The smallest absolute Gasteiger partial charge is 0.225 e. The third-order valence-corrected chi connectivity index (χ3v) is 5.02. The molecular formula is C15H19N3OS. The number of hydrogen-bond donors (Lipinski definition) is 1. The largest absolute Gasteiger partial charge is 0.342 e. The zero-order chi connectivity index (χ0) is 13.9. The third kappa shape index (κ3) is 3.20. The van der Waals surface area contributed by atoms with Crippen LogP contribution >= 0.6 is 11.3 Å². The van der Waals surface area contributed by atoms with Crippen molar-refractivity contribution in [2.24, 2.45) is 5.92 Å². The molecule has 2 heterocycles. The highest BCUT2D eigenvalue weighted by atomic mass is 32.1. The Labute approximate surface area is 123 Å². The lowest BCUT2D eigenvalue weighted by Gasteiger charge is -2.32. The van der Waals surface area contributed by atoms with Crippen molar-refractivity contribution < 1.29 is 4.79 Å². The number of nitrogens with one attached hydrogen (secondary N) is 1. The van der Waals surface area contributed by atoms with Crippen LogP contribution in [0.15, 0.2) is 11.4 Å². The molecule has 0 bridgehead atoms. The predicted octanol–water partition coefficient (Wildman–Crippen LogP) is 2.11. The fraction of sp³-hybridized carbons (Fsp3) is 0.600. The van der Waals surface area contributed by atoms with Gasteiger partial charge < -0.3 is 10.2 Å². The monoisotopic (exact) mass is 289 g/mol. The van der Waals surface area contributed by atoms with Crippen LogP contribution in [0.4, 0.5) is 0 Å². The van der Waals surface area contributed by atoms with Crippen LogP contribution in [-0.4, -0.2) is 29.9 Å². The van der Waals surface area contributed by atoms with E-state index in [9.17, 15) is 4.79 Å². The first-order valence-electron chi connectivity index (χ1n) is 7.26. The average Bonchev–Trinajstić information content (AvgIpc) is 3.24. The molecule has 1 aliphatic heterocycles. The van der Waals surface area contributed by atoms with E-state index >= 15 is 0 Å². The molecule has 4 nitrogen and oxygen atoms in total. The minimum absolute atomic E-state index is 0.343. The van der Waals surface area contributed by atoms with Crippen LogP contribution in [0.1, 0.15) is 36.1 Å². The molecule has 1 aliphatic carbocycles. The molecule has 1 saturated heterocycles. The Bertz CT molecular complexity index is 521. The maximum atomic E-state index is 12.0. The van der Waals surface area contributed by atoms with Gasteiger partial charge in [-0.1, -0.05) is 0 Å². The molecule has 3 rings (SSSR count). The highest BCUT2D eigenvalue weighted by Gasteiger charge is 2.34. The maximum Gasteiger partial charge on any atom is 0.225 e. The Morgan fingerprint density at radius 3 is 2.75 bits per heavy atom. The molecule has 2 aliphatic rings.